The van der Waals surface area contributed by atoms with Crippen molar-refractivity contribution in [2.24, 2.45) is 5.92 Å². The Morgan fingerprint density at radius 1 is 1.11 bits per heavy atom. The van der Waals surface area contributed by atoms with E-state index in [0.29, 0.717) is 16.4 Å². The summed E-state index contributed by atoms with van der Waals surface area (Å²) in [4.78, 5) is 26.6. The highest BCUT2D eigenvalue weighted by Gasteiger charge is 2.23. The summed E-state index contributed by atoms with van der Waals surface area (Å²) in [5.74, 6) is 0.417. The van der Waals surface area contributed by atoms with Crippen molar-refractivity contribution in [1.29, 1.82) is 0 Å². The van der Waals surface area contributed by atoms with Gasteiger partial charge in [-0.2, -0.15) is 0 Å². The van der Waals surface area contributed by atoms with E-state index in [9.17, 15) is 9.59 Å². The molecule has 0 spiro atoms. The molecule has 0 aromatic heterocycles. The molecule has 1 saturated carbocycles. The third-order valence-electron chi connectivity index (χ3n) is 5.48. The summed E-state index contributed by atoms with van der Waals surface area (Å²) in [6.45, 7) is 2.21. The van der Waals surface area contributed by atoms with Gasteiger partial charge in [0.25, 0.3) is 11.8 Å². The van der Waals surface area contributed by atoms with E-state index in [4.69, 9.17) is 0 Å². The van der Waals surface area contributed by atoms with Crippen LogP contribution in [0.5, 0.6) is 0 Å². The first-order chi connectivity index (χ1) is 13.6. The Balaban J connectivity index is 1.45. The number of thioether (sulfide) groups is 1. The summed E-state index contributed by atoms with van der Waals surface area (Å²) in [5.41, 5.74) is 2.41. The Morgan fingerprint density at radius 2 is 1.86 bits per heavy atom. The average molecular weight is 393 g/mol. The first-order valence-corrected chi connectivity index (χ1v) is 10.6. The molecule has 5 heteroatoms. The molecule has 1 aliphatic heterocycles. The highest BCUT2D eigenvalue weighted by molar-refractivity contribution is 8.04. The van der Waals surface area contributed by atoms with E-state index in [0.717, 1.165) is 22.6 Å². The van der Waals surface area contributed by atoms with Crippen molar-refractivity contribution >= 4 is 35.3 Å². The van der Waals surface area contributed by atoms with Gasteiger partial charge in [-0.05, 0) is 54.7 Å². The fourth-order valence-corrected chi connectivity index (χ4v) is 4.72. The van der Waals surface area contributed by atoms with Gasteiger partial charge in [-0.1, -0.05) is 55.8 Å². The Labute approximate surface area is 169 Å². The van der Waals surface area contributed by atoms with Gasteiger partial charge < -0.3 is 10.6 Å². The number of hydrogen-bond acceptors (Lipinski definition) is 3. The second-order valence-electron chi connectivity index (χ2n) is 7.52. The molecule has 2 atom stereocenters. The summed E-state index contributed by atoms with van der Waals surface area (Å²) in [6.07, 6.45) is 6.55. The smallest absolute Gasteiger partial charge is 0.262 e. The maximum atomic E-state index is 12.6. The van der Waals surface area contributed by atoms with Crippen LogP contribution in [0.3, 0.4) is 0 Å². The van der Waals surface area contributed by atoms with Crippen LogP contribution < -0.4 is 10.6 Å². The standard InChI is InChI=1S/C23H24N2O2S/c1-15-6-2-3-7-18(15)24-22(26)17-12-10-16(11-13-17)14-21-23(27)25-19-8-4-5-9-20(19)28-21/h4-5,8-15,18H,2-3,6-7H2,1H3,(H,24,26)(H,25,27)/b21-14+. The molecule has 2 aromatic rings. The van der Waals surface area contributed by atoms with Crippen LogP contribution in [0.15, 0.2) is 58.3 Å². The molecule has 0 bridgehead atoms. The fourth-order valence-electron chi connectivity index (χ4n) is 3.77. The van der Waals surface area contributed by atoms with E-state index in [1.807, 2.05) is 54.6 Å². The van der Waals surface area contributed by atoms with Crippen molar-refractivity contribution in [3.8, 4) is 0 Å². The minimum atomic E-state index is -0.100. The predicted octanol–water partition coefficient (Wildman–Crippen LogP) is 5.08. The SMILES string of the molecule is CC1CCCCC1NC(=O)c1ccc(/C=C2/Sc3ccccc3NC2=O)cc1. The van der Waals surface area contributed by atoms with Gasteiger partial charge in [-0.25, -0.2) is 0 Å². The average Bonchev–Trinajstić information content (AvgIpc) is 2.71. The Morgan fingerprint density at radius 3 is 2.64 bits per heavy atom. The first kappa shape index (κ1) is 18.8. The molecule has 2 aromatic carbocycles. The van der Waals surface area contributed by atoms with Gasteiger partial charge >= 0.3 is 0 Å². The van der Waals surface area contributed by atoms with Crippen LogP contribution in [-0.2, 0) is 4.79 Å². The summed E-state index contributed by atoms with van der Waals surface area (Å²) >= 11 is 1.46. The number of nitrogens with one attached hydrogen (secondary N) is 2. The maximum Gasteiger partial charge on any atom is 0.262 e. The van der Waals surface area contributed by atoms with Crippen LogP contribution >= 0.6 is 11.8 Å². The van der Waals surface area contributed by atoms with Gasteiger partial charge in [0.1, 0.15) is 0 Å². The zero-order valence-electron chi connectivity index (χ0n) is 15.9. The van der Waals surface area contributed by atoms with E-state index in [1.165, 1.54) is 31.0 Å². The van der Waals surface area contributed by atoms with Crippen LogP contribution in [0.2, 0.25) is 0 Å². The predicted molar refractivity (Wildman–Crippen MR) is 114 cm³/mol. The third kappa shape index (κ3) is 4.14. The van der Waals surface area contributed by atoms with Crippen molar-refractivity contribution in [2.75, 3.05) is 5.32 Å². The van der Waals surface area contributed by atoms with Gasteiger partial charge in [-0.15, -0.1) is 0 Å². The molecule has 1 fully saturated rings. The molecule has 0 radical (unpaired) electrons. The second kappa shape index (κ2) is 8.23. The number of hydrogen-bond donors (Lipinski definition) is 2. The number of benzene rings is 2. The van der Waals surface area contributed by atoms with Crippen LogP contribution in [0.25, 0.3) is 6.08 Å². The summed E-state index contributed by atoms with van der Waals surface area (Å²) in [5, 5.41) is 6.10. The molecule has 2 aliphatic rings. The van der Waals surface area contributed by atoms with Crippen LogP contribution in [0, 0.1) is 5.92 Å². The summed E-state index contributed by atoms with van der Waals surface area (Å²) in [6, 6.07) is 15.5. The molecule has 2 amide bonds. The molecular weight excluding hydrogens is 368 g/mol. The Kier molecular flexibility index (Phi) is 5.53. The first-order valence-electron chi connectivity index (χ1n) is 9.81. The third-order valence-corrected chi connectivity index (χ3v) is 6.58. The van der Waals surface area contributed by atoms with Gasteiger partial charge in [-0.3, -0.25) is 9.59 Å². The lowest BCUT2D eigenvalue weighted by Crippen LogP contribution is -2.41. The van der Waals surface area contributed by atoms with E-state index >= 15 is 0 Å². The van der Waals surface area contributed by atoms with Gasteiger partial charge in [0.15, 0.2) is 0 Å². The zero-order chi connectivity index (χ0) is 19.5. The molecule has 144 valence electrons. The van der Waals surface area contributed by atoms with Crippen molar-refractivity contribution in [3.63, 3.8) is 0 Å². The normalized spacial score (nSPS) is 23.0. The monoisotopic (exact) mass is 392 g/mol. The van der Waals surface area contributed by atoms with Gasteiger partial charge in [0.05, 0.1) is 10.6 Å². The number of para-hydroxylation sites is 1. The lowest BCUT2D eigenvalue weighted by atomic mass is 9.86. The molecule has 1 aliphatic carbocycles. The maximum absolute atomic E-state index is 12.6. The number of anilines is 1. The van der Waals surface area contributed by atoms with E-state index in [2.05, 4.69) is 17.6 Å². The number of fused-ring (bicyclic) bond motifs is 1. The summed E-state index contributed by atoms with van der Waals surface area (Å²) in [7, 11) is 0. The molecule has 4 rings (SSSR count). The van der Waals surface area contributed by atoms with Crippen LogP contribution in [0.1, 0.15) is 48.5 Å². The highest BCUT2D eigenvalue weighted by Crippen LogP contribution is 2.38. The topological polar surface area (TPSA) is 58.2 Å². The zero-order valence-corrected chi connectivity index (χ0v) is 16.7. The molecule has 2 N–H and O–H groups in total. The molecule has 4 nitrogen and oxygen atoms in total. The highest BCUT2D eigenvalue weighted by atomic mass is 32.2. The van der Waals surface area contributed by atoms with Gasteiger partial charge in [0, 0.05) is 16.5 Å². The van der Waals surface area contributed by atoms with Crippen molar-refractivity contribution in [3.05, 3.63) is 64.6 Å². The molecule has 2 unspecified atom stereocenters. The largest absolute Gasteiger partial charge is 0.349 e. The minimum absolute atomic E-state index is 0.0170. The number of amides is 2. The molecule has 28 heavy (non-hydrogen) atoms. The minimum Gasteiger partial charge on any atom is -0.349 e. The van der Waals surface area contributed by atoms with E-state index in [-0.39, 0.29) is 17.9 Å². The second-order valence-corrected chi connectivity index (χ2v) is 8.61. The van der Waals surface area contributed by atoms with Gasteiger partial charge in [0.2, 0.25) is 0 Å². The number of rotatable bonds is 3. The lowest BCUT2D eigenvalue weighted by molar-refractivity contribution is -0.112. The van der Waals surface area contributed by atoms with Crippen LogP contribution in [0.4, 0.5) is 5.69 Å². The summed E-state index contributed by atoms with van der Waals surface area (Å²) < 4.78 is 0. The molecule has 0 saturated heterocycles. The van der Waals surface area contributed by atoms with Crippen molar-refractivity contribution in [2.45, 2.75) is 43.5 Å². The number of carbonyl (C=O) groups excluding carboxylic acids is 2. The molecular formula is C23H24N2O2S. The molecule has 1 heterocycles. The van der Waals surface area contributed by atoms with Crippen molar-refractivity contribution < 1.29 is 9.59 Å². The number of carbonyl (C=O) groups is 2. The quantitative estimate of drug-likeness (QED) is 0.716. The Bertz CT molecular complexity index is 920. The van der Waals surface area contributed by atoms with E-state index < -0.39 is 0 Å². The Hall–Kier alpha value is -2.53. The van der Waals surface area contributed by atoms with Crippen LogP contribution in [-0.4, -0.2) is 17.9 Å². The van der Waals surface area contributed by atoms with Crippen molar-refractivity contribution in [1.82, 2.24) is 5.32 Å². The van der Waals surface area contributed by atoms with E-state index in [1.54, 1.807) is 0 Å². The fraction of sp³-hybridized carbons (Fsp3) is 0.304. The lowest BCUT2D eigenvalue weighted by Gasteiger charge is -2.29.